The van der Waals surface area contributed by atoms with Crippen LogP contribution in [0.4, 0.5) is 17.1 Å². The molecule has 6 heteroatoms. The Morgan fingerprint density at radius 1 is 0.806 bits per heavy atom. The third kappa shape index (κ3) is 5.64. The summed E-state index contributed by atoms with van der Waals surface area (Å²) in [6.45, 7) is 0. The number of carbonyl (C=O) groups excluding carboxylic acids is 2. The number of fused-ring (bicyclic) bond motifs is 2. The number of benzene rings is 4. The summed E-state index contributed by atoms with van der Waals surface area (Å²) in [6.07, 6.45) is 2.07. The highest BCUT2D eigenvalue weighted by atomic mass is 35.5. The monoisotopic (exact) mass is 512 g/mol. The van der Waals surface area contributed by atoms with Crippen molar-refractivity contribution in [3.05, 3.63) is 119 Å². The summed E-state index contributed by atoms with van der Waals surface area (Å²) >= 11 is 7.39. The SMILES string of the molecule is O=C(Cc1ccc(Cl)cc1)Nc1cccc(SCC(=O)N2c3ccccc3CCc3ccccc32)c1. The number of nitrogens with one attached hydrogen (secondary N) is 1. The second-order valence-electron chi connectivity index (χ2n) is 8.65. The average molecular weight is 513 g/mol. The molecule has 0 aliphatic carbocycles. The molecule has 1 N–H and O–H groups in total. The van der Waals surface area contributed by atoms with E-state index in [9.17, 15) is 9.59 Å². The molecule has 0 aromatic heterocycles. The molecule has 0 spiro atoms. The quantitative estimate of drug-likeness (QED) is 0.281. The van der Waals surface area contributed by atoms with Crippen molar-refractivity contribution in [3.8, 4) is 0 Å². The zero-order chi connectivity index (χ0) is 24.9. The number of anilines is 3. The maximum atomic E-state index is 13.6. The molecule has 0 unspecified atom stereocenters. The molecule has 4 nitrogen and oxygen atoms in total. The van der Waals surface area contributed by atoms with Crippen molar-refractivity contribution in [2.45, 2.75) is 24.2 Å². The first-order valence-electron chi connectivity index (χ1n) is 11.8. The van der Waals surface area contributed by atoms with E-state index in [0.717, 1.165) is 34.7 Å². The van der Waals surface area contributed by atoms with E-state index in [0.29, 0.717) is 10.7 Å². The fourth-order valence-electron chi connectivity index (χ4n) is 4.41. The highest BCUT2D eigenvalue weighted by Gasteiger charge is 2.25. The van der Waals surface area contributed by atoms with Crippen molar-refractivity contribution in [2.24, 2.45) is 0 Å². The number of para-hydroxylation sites is 2. The lowest BCUT2D eigenvalue weighted by Gasteiger charge is -2.25. The smallest absolute Gasteiger partial charge is 0.241 e. The molecule has 0 saturated heterocycles. The molecule has 1 aliphatic rings. The highest BCUT2D eigenvalue weighted by Crippen LogP contribution is 2.37. The van der Waals surface area contributed by atoms with Crippen LogP contribution in [0.3, 0.4) is 0 Å². The second kappa shape index (κ2) is 11.0. The minimum atomic E-state index is -0.103. The zero-order valence-electron chi connectivity index (χ0n) is 19.6. The van der Waals surface area contributed by atoms with E-state index in [1.165, 1.54) is 22.9 Å². The number of hydrogen-bond donors (Lipinski definition) is 1. The molecule has 0 fully saturated rings. The predicted molar refractivity (Wildman–Crippen MR) is 148 cm³/mol. The van der Waals surface area contributed by atoms with Crippen molar-refractivity contribution < 1.29 is 9.59 Å². The van der Waals surface area contributed by atoms with Gasteiger partial charge in [-0.05, 0) is 72.0 Å². The number of hydrogen-bond acceptors (Lipinski definition) is 3. The van der Waals surface area contributed by atoms with E-state index < -0.39 is 0 Å². The number of thioether (sulfide) groups is 1. The second-order valence-corrected chi connectivity index (χ2v) is 10.1. The lowest BCUT2D eigenvalue weighted by atomic mass is 10.0. The number of halogens is 1. The minimum Gasteiger partial charge on any atom is -0.326 e. The first kappa shape index (κ1) is 24.2. The number of nitrogens with zero attached hydrogens (tertiary/aromatic N) is 1. The topological polar surface area (TPSA) is 49.4 Å². The van der Waals surface area contributed by atoms with Gasteiger partial charge in [0.1, 0.15) is 0 Å². The summed E-state index contributed by atoms with van der Waals surface area (Å²) in [5.74, 6) is 0.206. The van der Waals surface area contributed by atoms with Crippen molar-refractivity contribution >= 4 is 52.2 Å². The van der Waals surface area contributed by atoms with Crippen molar-refractivity contribution in [3.63, 3.8) is 0 Å². The van der Waals surface area contributed by atoms with Crippen LogP contribution in [0.2, 0.25) is 5.02 Å². The molecule has 0 atom stereocenters. The summed E-state index contributed by atoms with van der Waals surface area (Å²) in [7, 11) is 0. The van der Waals surface area contributed by atoms with Crippen LogP contribution >= 0.6 is 23.4 Å². The minimum absolute atomic E-state index is 0.0268. The van der Waals surface area contributed by atoms with E-state index >= 15 is 0 Å². The Morgan fingerprint density at radius 3 is 2.11 bits per heavy atom. The Kier molecular flexibility index (Phi) is 7.40. The van der Waals surface area contributed by atoms with Crippen LogP contribution in [0, 0.1) is 0 Å². The van der Waals surface area contributed by atoms with Crippen LogP contribution in [-0.4, -0.2) is 17.6 Å². The standard InChI is InChI=1S/C30H25ClN2O2S/c31-24-16-12-21(13-17-24)18-29(34)32-25-8-5-9-26(19-25)36-20-30(35)33-27-10-3-1-6-22(27)14-15-23-7-2-4-11-28(23)33/h1-13,16-17,19H,14-15,18,20H2,(H,32,34). The summed E-state index contributed by atoms with van der Waals surface area (Å²) in [5.41, 5.74) is 5.87. The van der Waals surface area contributed by atoms with Crippen LogP contribution < -0.4 is 10.2 Å². The maximum Gasteiger partial charge on any atom is 0.241 e. The zero-order valence-corrected chi connectivity index (χ0v) is 21.2. The molecule has 0 saturated carbocycles. The molecule has 2 amide bonds. The van der Waals surface area contributed by atoms with Gasteiger partial charge in [0.2, 0.25) is 11.8 Å². The number of rotatable bonds is 6. The van der Waals surface area contributed by atoms with E-state index in [1.54, 1.807) is 12.1 Å². The lowest BCUT2D eigenvalue weighted by Crippen LogP contribution is -2.28. The number of carbonyl (C=O) groups is 2. The molecule has 4 aromatic rings. The third-order valence-electron chi connectivity index (χ3n) is 6.14. The lowest BCUT2D eigenvalue weighted by molar-refractivity contribution is -0.116. The molecule has 5 rings (SSSR count). The van der Waals surface area contributed by atoms with Crippen LogP contribution in [0.15, 0.2) is 102 Å². The predicted octanol–water partition coefficient (Wildman–Crippen LogP) is 7.08. The molecule has 36 heavy (non-hydrogen) atoms. The first-order valence-corrected chi connectivity index (χ1v) is 13.2. The number of amides is 2. The van der Waals surface area contributed by atoms with E-state index in [2.05, 4.69) is 17.4 Å². The normalized spacial score (nSPS) is 12.3. The molecule has 180 valence electrons. The van der Waals surface area contributed by atoms with Gasteiger partial charge in [0.15, 0.2) is 0 Å². The van der Waals surface area contributed by atoms with Crippen molar-refractivity contribution in [2.75, 3.05) is 16.0 Å². The van der Waals surface area contributed by atoms with Crippen LogP contribution in [-0.2, 0) is 28.9 Å². The Morgan fingerprint density at radius 2 is 1.44 bits per heavy atom. The van der Waals surface area contributed by atoms with E-state index in [4.69, 9.17) is 11.6 Å². The van der Waals surface area contributed by atoms with E-state index in [1.807, 2.05) is 77.7 Å². The van der Waals surface area contributed by atoms with Crippen LogP contribution in [0.5, 0.6) is 0 Å². The third-order valence-corrected chi connectivity index (χ3v) is 7.37. The van der Waals surface area contributed by atoms with Gasteiger partial charge in [-0.2, -0.15) is 0 Å². The Bertz CT molecular complexity index is 1360. The van der Waals surface area contributed by atoms with Crippen molar-refractivity contribution in [1.29, 1.82) is 0 Å². The molecule has 0 radical (unpaired) electrons. The molecule has 0 bridgehead atoms. The molecular formula is C30H25ClN2O2S. The number of aryl methyl sites for hydroxylation is 2. The molecular weight excluding hydrogens is 488 g/mol. The van der Waals surface area contributed by atoms with Crippen LogP contribution in [0.1, 0.15) is 16.7 Å². The van der Waals surface area contributed by atoms with Gasteiger partial charge in [0.05, 0.1) is 23.5 Å². The first-order chi connectivity index (χ1) is 17.6. The Labute approximate surface area is 220 Å². The van der Waals surface area contributed by atoms with Gasteiger partial charge < -0.3 is 5.32 Å². The fourth-order valence-corrected chi connectivity index (χ4v) is 5.34. The highest BCUT2D eigenvalue weighted by molar-refractivity contribution is 8.00. The van der Waals surface area contributed by atoms with Crippen molar-refractivity contribution in [1.82, 2.24) is 0 Å². The van der Waals surface area contributed by atoms with Gasteiger partial charge in [0, 0.05) is 15.6 Å². The van der Waals surface area contributed by atoms with Gasteiger partial charge in [-0.1, -0.05) is 66.2 Å². The Balaban J connectivity index is 1.28. The average Bonchev–Trinajstić information content (AvgIpc) is 3.06. The fraction of sp³-hybridized carbons (Fsp3) is 0.133. The van der Waals surface area contributed by atoms with Crippen LogP contribution in [0.25, 0.3) is 0 Å². The molecule has 1 heterocycles. The van der Waals surface area contributed by atoms with Gasteiger partial charge in [-0.15, -0.1) is 11.8 Å². The maximum absolute atomic E-state index is 13.6. The van der Waals surface area contributed by atoms with Gasteiger partial charge in [-0.3, -0.25) is 14.5 Å². The Hall–Kier alpha value is -3.54. The molecule has 1 aliphatic heterocycles. The summed E-state index contributed by atoms with van der Waals surface area (Å²) in [6, 6.07) is 31.1. The summed E-state index contributed by atoms with van der Waals surface area (Å²) in [5, 5.41) is 3.59. The summed E-state index contributed by atoms with van der Waals surface area (Å²) < 4.78 is 0. The van der Waals surface area contributed by atoms with Gasteiger partial charge in [0.25, 0.3) is 0 Å². The van der Waals surface area contributed by atoms with Gasteiger partial charge in [-0.25, -0.2) is 0 Å². The largest absolute Gasteiger partial charge is 0.326 e. The van der Waals surface area contributed by atoms with E-state index in [-0.39, 0.29) is 24.0 Å². The van der Waals surface area contributed by atoms with Gasteiger partial charge >= 0.3 is 0 Å². The molecule has 4 aromatic carbocycles. The summed E-state index contributed by atoms with van der Waals surface area (Å²) in [4.78, 5) is 28.9.